The van der Waals surface area contributed by atoms with Gasteiger partial charge >= 0.3 is 0 Å². The molecule has 0 N–H and O–H groups in total. The van der Waals surface area contributed by atoms with E-state index in [1.807, 2.05) is 0 Å². The molecule has 1 aromatic carbocycles. The van der Waals surface area contributed by atoms with Gasteiger partial charge in [-0.3, -0.25) is 0 Å². The minimum absolute atomic E-state index is 0. The zero-order chi connectivity index (χ0) is 13.7. The standard InChI is InChI=1S/C18H25NO.BrH/c1-19-10-9-18-8-4-3-5-15(18)17(19)11-13-6-7-14(20-2)12-16(13)18;/h6-7,12,15,17H,3-5,8-11H2,1-2H3;1H/t15?,17?,18-;/m0./s1. The van der Waals surface area contributed by atoms with Gasteiger partial charge in [0.1, 0.15) is 5.75 Å². The van der Waals surface area contributed by atoms with E-state index in [2.05, 4.69) is 30.1 Å². The highest BCUT2D eigenvalue weighted by molar-refractivity contribution is 8.93. The highest BCUT2D eigenvalue weighted by Gasteiger charge is 2.53. The maximum atomic E-state index is 5.51. The first-order valence-corrected chi connectivity index (χ1v) is 8.12. The summed E-state index contributed by atoms with van der Waals surface area (Å²) in [7, 11) is 4.12. The first-order valence-electron chi connectivity index (χ1n) is 8.12. The van der Waals surface area contributed by atoms with Crippen LogP contribution >= 0.6 is 17.0 Å². The van der Waals surface area contributed by atoms with Crippen molar-refractivity contribution >= 4 is 17.0 Å². The molecule has 1 aliphatic heterocycles. The van der Waals surface area contributed by atoms with Crippen LogP contribution in [0.1, 0.15) is 43.2 Å². The lowest BCUT2D eigenvalue weighted by Gasteiger charge is -2.58. The van der Waals surface area contributed by atoms with E-state index in [9.17, 15) is 0 Å². The molecular weight excluding hydrogens is 326 g/mol. The highest BCUT2D eigenvalue weighted by atomic mass is 79.9. The molecule has 0 radical (unpaired) electrons. The Morgan fingerprint density at radius 2 is 2.10 bits per heavy atom. The average molecular weight is 352 g/mol. The summed E-state index contributed by atoms with van der Waals surface area (Å²) in [6.45, 7) is 1.26. The first-order chi connectivity index (χ1) is 9.74. The van der Waals surface area contributed by atoms with Crippen LogP contribution < -0.4 is 4.74 Å². The zero-order valence-corrected chi connectivity index (χ0v) is 14.8. The molecule has 1 aromatic rings. The molecule has 0 amide bonds. The van der Waals surface area contributed by atoms with Gasteiger partial charge in [0.2, 0.25) is 0 Å². The van der Waals surface area contributed by atoms with Crippen LogP contribution in [0.15, 0.2) is 18.2 Å². The van der Waals surface area contributed by atoms with E-state index in [4.69, 9.17) is 4.74 Å². The summed E-state index contributed by atoms with van der Waals surface area (Å²) in [6, 6.07) is 7.60. The van der Waals surface area contributed by atoms with Gasteiger partial charge in [-0.25, -0.2) is 0 Å². The summed E-state index contributed by atoms with van der Waals surface area (Å²) in [5, 5.41) is 0. The lowest BCUT2D eigenvalue weighted by Crippen LogP contribution is -2.59. The summed E-state index contributed by atoms with van der Waals surface area (Å²) in [6.07, 6.45) is 8.22. The molecule has 2 nitrogen and oxygen atoms in total. The van der Waals surface area contributed by atoms with Crippen LogP contribution in [0.2, 0.25) is 0 Å². The molecule has 0 aromatic heterocycles. The number of likely N-dealkylation sites (N-methyl/N-ethyl adjacent to an activating group) is 1. The van der Waals surface area contributed by atoms with E-state index < -0.39 is 0 Å². The fourth-order valence-corrected chi connectivity index (χ4v) is 5.30. The molecule has 4 rings (SSSR count). The van der Waals surface area contributed by atoms with Crippen molar-refractivity contribution in [2.45, 2.75) is 50.0 Å². The predicted molar refractivity (Wildman–Crippen MR) is 91.7 cm³/mol. The Kier molecular flexibility index (Phi) is 4.08. The van der Waals surface area contributed by atoms with Gasteiger partial charge in [-0.05, 0) is 68.5 Å². The van der Waals surface area contributed by atoms with Crippen molar-refractivity contribution < 1.29 is 4.74 Å². The lowest BCUT2D eigenvalue weighted by molar-refractivity contribution is 0.00274. The van der Waals surface area contributed by atoms with Gasteiger partial charge in [0, 0.05) is 11.5 Å². The molecule has 3 aliphatic rings. The number of nitrogens with zero attached hydrogens (tertiary/aromatic N) is 1. The first kappa shape index (κ1) is 15.4. The van der Waals surface area contributed by atoms with Crippen LogP contribution in [0.5, 0.6) is 5.75 Å². The largest absolute Gasteiger partial charge is 0.497 e. The molecular formula is C18H26BrNO. The second kappa shape index (κ2) is 5.58. The predicted octanol–water partition coefficient (Wildman–Crippen LogP) is 3.96. The molecule has 2 bridgehead atoms. The Labute approximate surface area is 138 Å². The molecule has 1 heterocycles. The molecule has 2 aliphatic carbocycles. The minimum Gasteiger partial charge on any atom is -0.497 e. The SMILES string of the molecule is Br.COc1ccc2c(c1)[C@]13CCCCC1C(C2)N(C)CC3. The van der Waals surface area contributed by atoms with Crippen molar-refractivity contribution in [1.82, 2.24) is 4.90 Å². The second-order valence-corrected chi connectivity index (χ2v) is 7.03. The van der Waals surface area contributed by atoms with Crippen LogP contribution in [0.3, 0.4) is 0 Å². The summed E-state index contributed by atoms with van der Waals surface area (Å²) >= 11 is 0. The zero-order valence-electron chi connectivity index (χ0n) is 13.1. The fraction of sp³-hybridized carbons (Fsp3) is 0.667. The number of benzene rings is 1. The van der Waals surface area contributed by atoms with Gasteiger partial charge in [-0.1, -0.05) is 18.9 Å². The number of fused-ring (bicyclic) bond motifs is 1. The molecule has 3 heteroatoms. The number of hydrogen-bond acceptors (Lipinski definition) is 2. The number of hydrogen-bond donors (Lipinski definition) is 0. The van der Waals surface area contributed by atoms with Gasteiger partial charge in [0.05, 0.1) is 7.11 Å². The van der Waals surface area contributed by atoms with E-state index in [0.29, 0.717) is 5.41 Å². The lowest BCUT2D eigenvalue weighted by atomic mass is 9.52. The van der Waals surface area contributed by atoms with Gasteiger partial charge < -0.3 is 9.64 Å². The maximum absolute atomic E-state index is 5.51. The number of piperidine rings is 1. The Bertz CT molecular complexity index is 532. The molecule has 21 heavy (non-hydrogen) atoms. The maximum Gasteiger partial charge on any atom is 0.119 e. The number of ether oxygens (including phenoxy) is 1. The van der Waals surface area contributed by atoms with E-state index in [-0.39, 0.29) is 17.0 Å². The number of halogens is 1. The summed E-state index contributed by atoms with van der Waals surface area (Å²) in [4.78, 5) is 2.63. The molecule has 1 saturated carbocycles. The molecule has 3 atom stereocenters. The monoisotopic (exact) mass is 351 g/mol. The highest BCUT2D eigenvalue weighted by Crippen LogP contribution is 2.55. The van der Waals surface area contributed by atoms with Crippen LogP contribution in [0.4, 0.5) is 0 Å². The van der Waals surface area contributed by atoms with Crippen molar-refractivity contribution in [3.8, 4) is 5.75 Å². The molecule has 116 valence electrons. The Morgan fingerprint density at radius 3 is 2.90 bits per heavy atom. The normalized spacial score (nSPS) is 34.4. The second-order valence-electron chi connectivity index (χ2n) is 7.03. The van der Waals surface area contributed by atoms with Crippen molar-refractivity contribution in [3.63, 3.8) is 0 Å². The van der Waals surface area contributed by atoms with Gasteiger partial charge in [-0.15, -0.1) is 17.0 Å². The Morgan fingerprint density at radius 1 is 1.24 bits per heavy atom. The third-order valence-electron chi connectivity index (χ3n) is 6.32. The molecule has 0 spiro atoms. The minimum atomic E-state index is 0. The Balaban J connectivity index is 0.00000132. The van der Waals surface area contributed by atoms with E-state index >= 15 is 0 Å². The number of rotatable bonds is 1. The van der Waals surface area contributed by atoms with Crippen LogP contribution in [0, 0.1) is 5.92 Å². The summed E-state index contributed by atoms with van der Waals surface area (Å²) in [5.41, 5.74) is 3.67. The van der Waals surface area contributed by atoms with E-state index in [1.165, 1.54) is 45.1 Å². The Hall–Kier alpha value is -0.540. The number of likely N-dealkylation sites (tertiary alicyclic amines) is 1. The average Bonchev–Trinajstić information content (AvgIpc) is 2.50. The quantitative estimate of drug-likeness (QED) is 0.759. The summed E-state index contributed by atoms with van der Waals surface area (Å²) in [5.74, 6) is 1.91. The van der Waals surface area contributed by atoms with Gasteiger partial charge in [-0.2, -0.15) is 0 Å². The topological polar surface area (TPSA) is 12.5 Å². The molecule has 2 unspecified atom stereocenters. The van der Waals surface area contributed by atoms with E-state index in [1.54, 1.807) is 18.2 Å². The van der Waals surface area contributed by atoms with Crippen LogP contribution in [0.25, 0.3) is 0 Å². The smallest absolute Gasteiger partial charge is 0.119 e. The fourth-order valence-electron chi connectivity index (χ4n) is 5.30. The molecule has 2 fully saturated rings. The van der Waals surface area contributed by atoms with E-state index in [0.717, 1.165) is 17.7 Å². The van der Waals surface area contributed by atoms with Crippen molar-refractivity contribution in [2.24, 2.45) is 5.92 Å². The van der Waals surface area contributed by atoms with Crippen LogP contribution in [-0.4, -0.2) is 31.6 Å². The van der Waals surface area contributed by atoms with Crippen molar-refractivity contribution in [3.05, 3.63) is 29.3 Å². The van der Waals surface area contributed by atoms with Crippen LogP contribution in [-0.2, 0) is 11.8 Å². The van der Waals surface area contributed by atoms with Gasteiger partial charge in [0.25, 0.3) is 0 Å². The van der Waals surface area contributed by atoms with Crippen molar-refractivity contribution in [2.75, 3.05) is 20.7 Å². The summed E-state index contributed by atoms with van der Waals surface area (Å²) < 4.78 is 5.51. The number of methoxy groups -OCH3 is 1. The molecule has 1 saturated heterocycles. The third-order valence-corrected chi connectivity index (χ3v) is 6.32. The van der Waals surface area contributed by atoms with Crippen molar-refractivity contribution in [1.29, 1.82) is 0 Å². The van der Waals surface area contributed by atoms with Gasteiger partial charge in [0.15, 0.2) is 0 Å². The third kappa shape index (κ3) is 2.16.